The van der Waals surface area contributed by atoms with Gasteiger partial charge < -0.3 is 9.88 Å². The molecule has 160 valence electrons. The molecule has 3 aromatic heterocycles. The first-order valence-electron chi connectivity index (χ1n) is 10.6. The van der Waals surface area contributed by atoms with Crippen molar-refractivity contribution < 1.29 is 9.59 Å². The summed E-state index contributed by atoms with van der Waals surface area (Å²) < 4.78 is 3.85. The number of unbranched alkanes of at least 4 members (excludes halogenated alkanes) is 1. The minimum Gasteiger partial charge on any atom is -0.352 e. The molecule has 1 N–H and O–H groups in total. The molecular weight excluding hydrogens is 380 g/mol. The number of amides is 2. The number of hydrogen-bond acceptors (Lipinski definition) is 4. The Bertz CT molecular complexity index is 993. The molecule has 0 aliphatic heterocycles. The predicted molar refractivity (Wildman–Crippen MR) is 117 cm³/mol. The summed E-state index contributed by atoms with van der Waals surface area (Å²) in [5.74, 6) is 0.612. The highest BCUT2D eigenvalue weighted by Crippen LogP contribution is 2.25. The number of carbonyl (C=O) groups is 2. The van der Waals surface area contributed by atoms with Crippen molar-refractivity contribution >= 4 is 23.3 Å². The Morgan fingerprint density at radius 1 is 1.20 bits per heavy atom. The molecule has 8 nitrogen and oxygen atoms in total. The molecule has 8 heteroatoms. The van der Waals surface area contributed by atoms with E-state index in [1.165, 1.54) is 0 Å². The lowest BCUT2D eigenvalue weighted by Crippen LogP contribution is -2.31. The first-order chi connectivity index (χ1) is 14.5. The van der Waals surface area contributed by atoms with Gasteiger partial charge in [-0.25, -0.2) is 9.97 Å². The van der Waals surface area contributed by atoms with E-state index in [9.17, 15) is 9.59 Å². The maximum atomic E-state index is 12.7. The lowest BCUT2D eigenvalue weighted by molar-refractivity contribution is -0.116. The van der Waals surface area contributed by atoms with E-state index in [1.54, 1.807) is 36.6 Å². The number of rotatable bonds is 10. The summed E-state index contributed by atoms with van der Waals surface area (Å²) in [7, 11) is 0. The maximum Gasteiger partial charge on any atom is 0.252 e. The molecule has 0 atom stereocenters. The first kappa shape index (κ1) is 21.5. The van der Waals surface area contributed by atoms with Crippen molar-refractivity contribution in [2.75, 3.05) is 18.0 Å². The van der Waals surface area contributed by atoms with Gasteiger partial charge in [-0.3, -0.25) is 18.9 Å². The number of anilines is 1. The van der Waals surface area contributed by atoms with Crippen LogP contribution in [0, 0.1) is 0 Å². The first-order valence-corrected chi connectivity index (χ1v) is 10.6. The average molecular weight is 411 g/mol. The van der Waals surface area contributed by atoms with Crippen LogP contribution in [-0.2, 0) is 17.8 Å². The van der Waals surface area contributed by atoms with Crippen LogP contribution < -0.4 is 10.2 Å². The summed E-state index contributed by atoms with van der Waals surface area (Å²) in [5, 5.41) is 2.97. The molecule has 0 aromatic carbocycles. The quantitative estimate of drug-likeness (QED) is 0.521. The number of imidazole rings is 2. The highest BCUT2D eigenvalue weighted by Gasteiger charge is 2.21. The molecule has 0 aliphatic rings. The summed E-state index contributed by atoms with van der Waals surface area (Å²) in [6.07, 6.45) is 10.6. The molecule has 2 amide bonds. The summed E-state index contributed by atoms with van der Waals surface area (Å²) >= 11 is 0. The van der Waals surface area contributed by atoms with Crippen LogP contribution in [0.5, 0.6) is 0 Å². The Labute approximate surface area is 176 Å². The third-order valence-electron chi connectivity index (χ3n) is 5.07. The molecular formula is C22H30N6O2. The average Bonchev–Trinajstić information content (AvgIpc) is 3.38. The number of hydrogen-bond donors (Lipinski definition) is 1. The largest absolute Gasteiger partial charge is 0.352 e. The van der Waals surface area contributed by atoms with E-state index in [1.807, 2.05) is 28.2 Å². The van der Waals surface area contributed by atoms with E-state index in [0.717, 1.165) is 43.0 Å². The van der Waals surface area contributed by atoms with E-state index in [-0.39, 0.29) is 11.8 Å². The Balaban J connectivity index is 1.79. The molecule has 30 heavy (non-hydrogen) atoms. The van der Waals surface area contributed by atoms with Crippen LogP contribution in [0.4, 0.5) is 5.82 Å². The SMILES string of the molecule is CCCCN(C(C)=O)c1c(CC)nc2ccc(C(=O)NCCCn3ccnc3)cn12. The standard InChI is InChI=1S/C22H30N6O2/c1-4-6-13-27(17(3)29)22-19(5-2)25-20-9-8-18(15-28(20)22)21(30)24-10-7-12-26-14-11-23-16-26/h8-9,11,14-16H,4-7,10,12-13H2,1-3H3,(H,24,30). The van der Waals surface area contributed by atoms with E-state index in [4.69, 9.17) is 0 Å². The summed E-state index contributed by atoms with van der Waals surface area (Å²) in [5.41, 5.74) is 2.14. The second kappa shape index (κ2) is 10.0. The van der Waals surface area contributed by atoms with Gasteiger partial charge in [0.25, 0.3) is 5.91 Å². The maximum absolute atomic E-state index is 12.7. The lowest BCUT2D eigenvalue weighted by atomic mass is 10.2. The van der Waals surface area contributed by atoms with Crippen molar-refractivity contribution in [1.29, 1.82) is 0 Å². The van der Waals surface area contributed by atoms with Crippen LogP contribution in [0.25, 0.3) is 5.65 Å². The van der Waals surface area contributed by atoms with Crippen LogP contribution in [0.3, 0.4) is 0 Å². The van der Waals surface area contributed by atoms with Gasteiger partial charge in [0.2, 0.25) is 5.91 Å². The highest BCUT2D eigenvalue weighted by atomic mass is 16.2. The number of aromatic nitrogens is 4. The third-order valence-corrected chi connectivity index (χ3v) is 5.07. The van der Waals surface area contributed by atoms with Gasteiger partial charge in [0.05, 0.1) is 17.6 Å². The van der Waals surface area contributed by atoms with Crippen molar-refractivity contribution in [3.63, 3.8) is 0 Å². The Morgan fingerprint density at radius 3 is 2.70 bits per heavy atom. The second-order valence-electron chi connectivity index (χ2n) is 7.32. The minimum absolute atomic E-state index is 0.0192. The van der Waals surface area contributed by atoms with E-state index < -0.39 is 0 Å². The monoisotopic (exact) mass is 410 g/mol. The minimum atomic E-state index is -0.136. The molecule has 3 aromatic rings. The van der Waals surface area contributed by atoms with Crippen LogP contribution in [0.15, 0.2) is 37.1 Å². The molecule has 0 saturated heterocycles. The lowest BCUT2D eigenvalue weighted by Gasteiger charge is -2.21. The summed E-state index contributed by atoms with van der Waals surface area (Å²) in [6.45, 7) is 7.71. The van der Waals surface area contributed by atoms with Crippen LogP contribution >= 0.6 is 0 Å². The molecule has 0 radical (unpaired) electrons. The zero-order valence-electron chi connectivity index (χ0n) is 18.0. The van der Waals surface area contributed by atoms with Crippen molar-refractivity contribution in [2.24, 2.45) is 0 Å². The molecule has 0 unspecified atom stereocenters. The van der Waals surface area contributed by atoms with Crippen molar-refractivity contribution in [3.05, 3.63) is 48.3 Å². The molecule has 0 aliphatic carbocycles. The number of carbonyl (C=O) groups excluding carboxylic acids is 2. The van der Waals surface area contributed by atoms with E-state index in [2.05, 4.69) is 22.2 Å². The van der Waals surface area contributed by atoms with Crippen LogP contribution in [0.2, 0.25) is 0 Å². The normalized spacial score (nSPS) is 11.0. The molecule has 3 rings (SSSR count). The highest BCUT2D eigenvalue weighted by molar-refractivity contribution is 5.95. The van der Waals surface area contributed by atoms with Crippen molar-refractivity contribution in [3.8, 4) is 0 Å². The predicted octanol–water partition coefficient (Wildman–Crippen LogP) is 3.07. The Morgan fingerprint density at radius 2 is 2.03 bits per heavy atom. The fourth-order valence-electron chi connectivity index (χ4n) is 3.45. The number of fused-ring (bicyclic) bond motifs is 1. The number of aryl methyl sites for hydroxylation is 2. The zero-order valence-corrected chi connectivity index (χ0v) is 18.0. The molecule has 3 heterocycles. The number of pyridine rings is 1. The van der Waals surface area contributed by atoms with Gasteiger partial charge in [-0.05, 0) is 31.4 Å². The van der Waals surface area contributed by atoms with Crippen LogP contribution in [0.1, 0.15) is 56.1 Å². The number of nitrogens with zero attached hydrogens (tertiary/aromatic N) is 5. The van der Waals surface area contributed by atoms with Gasteiger partial charge in [0.1, 0.15) is 11.5 Å². The Hall–Kier alpha value is -3.16. The van der Waals surface area contributed by atoms with E-state index >= 15 is 0 Å². The molecule has 0 spiro atoms. The van der Waals surface area contributed by atoms with Gasteiger partial charge in [-0.1, -0.05) is 20.3 Å². The van der Waals surface area contributed by atoms with E-state index in [0.29, 0.717) is 25.1 Å². The molecule has 0 fully saturated rings. The fourth-order valence-corrected chi connectivity index (χ4v) is 3.45. The fraction of sp³-hybridized carbons (Fsp3) is 0.455. The topological polar surface area (TPSA) is 84.5 Å². The third kappa shape index (κ3) is 4.87. The van der Waals surface area contributed by atoms with Gasteiger partial charge in [-0.2, -0.15) is 0 Å². The number of nitrogens with one attached hydrogen (secondary N) is 1. The van der Waals surface area contributed by atoms with Crippen LogP contribution in [-0.4, -0.2) is 43.8 Å². The second-order valence-corrected chi connectivity index (χ2v) is 7.32. The van der Waals surface area contributed by atoms with Gasteiger partial charge in [0, 0.05) is 45.1 Å². The van der Waals surface area contributed by atoms with Gasteiger partial charge in [0.15, 0.2) is 0 Å². The molecule has 0 saturated carbocycles. The smallest absolute Gasteiger partial charge is 0.252 e. The van der Waals surface area contributed by atoms with Gasteiger partial charge >= 0.3 is 0 Å². The summed E-state index contributed by atoms with van der Waals surface area (Å²) in [4.78, 5) is 35.5. The van der Waals surface area contributed by atoms with Crippen molar-refractivity contribution in [1.82, 2.24) is 24.3 Å². The molecule has 0 bridgehead atoms. The Kier molecular flexibility index (Phi) is 7.21. The van der Waals surface area contributed by atoms with Gasteiger partial charge in [-0.15, -0.1) is 0 Å². The van der Waals surface area contributed by atoms with Crippen molar-refractivity contribution in [2.45, 2.75) is 53.0 Å². The zero-order chi connectivity index (χ0) is 21.5. The summed E-state index contributed by atoms with van der Waals surface area (Å²) in [6, 6.07) is 3.61.